The normalized spacial score (nSPS) is 18.1. The van der Waals surface area contributed by atoms with E-state index in [1.165, 1.54) is 12.4 Å². The Morgan fingerprint density at radius 1 is 1.52 bits per heavy atom. The van der Waals surface area contributed by atoms with Gasteiger partial charge in [0.15, 0.2) is 5.96 Å². The zero-order valence-corrected chi connectivity index (χ0v) is 14.6. The highest BCUT2D eigenvalue weighted by Gasteiger charge is 2.15. The Morgan fingerprint density at radius 2 is 2.40 bits per heavy atom. The molecule has 2 rings (SSSR count). The number of guanidine groups is 1. The number of hydrogen-bond acceptors (Lipinski definition) is 4. The maximum atomic E-state index is 12.8. The molecule has 1 fully saturated rings. The van der Waals surface area contributed by atoms with Gasteiger partial charge in [0.05, 0.1) is 13.2 Å². The van der Waals surface area contributed by atoms with E-state index in [1.54, 1.807) is 0 Å². The zero-order chi connectivity index (χ0) is 17.9. The highest BCUT2D eigenvalue weighted by Crippen LogP contribution is 2.13. The molecule has 0 bridgehead atoms. The van der Waals surface area contributed by atoms with Crippen molar-refractivity contribution in [3.8, 4) is 0 Å². The first kappa shape index (κ1) is 19.6. The molecule has 1 atom stereocenters. The third-order valence-corrected chi connectivity index (χ3v) is 3.82. The van der Waals surface area contributed by atoms with Gasteiger partial charge in [0.25, 0.3) is 0 Å². The number of aliphatic imine (C=N–C) groups is 1. The number of halogens is 2. The van der Waals surface area contributed by atoms with Crippen molar-refractivity contribution < 1.29 is 18.3 Å². The van der Waals surface area contributed by atoms with Crippen LogP contribution in [-0.4, -0.2) is 55.0 Å². The second kappa shape index (κ2) is 11.0. The molecule has 25 heavy (non-hydrogen) atoms. The van der Waals surface area contributed by atoms with Crippen LogP contribution >= 0.6 is 0 Å². The van der Waals surface area contributed by atoms with E-state index in [0.29, 0.717) is 31.6 Å². The molecule has 2 heterocycles. The van der Waals surface area contributed by atoms with Crippen molar-refractivity contribution in [2.75, 3.05) is 39.5 Å². The lowest BCUT2D eigenvalue weighted by Gasteiger charge is -2.12. The molecule has 1 aliphatic rings. The molecule has 9 heteroatoms. The second-order valence-corrected chi connectivity index (χ2v) is 5.81. The minimum absolute atomic E-state index is 0.0881. The van der Waals surface area contributed by atoms with Crippen LogP contribution in [0.3, 0.4) is 0 Å². The summed E-state index contributed by atoms with van der Waals surface area (Å²) in [4.78, 5) is 8.22. The Hall–Kier alpha value is -1.74. The molecule has 1 aromatic heterocycles. The van der Waals surface area contributed by atoms with E-state index in [-0.39, 0.29) is 12.4 Å². The molecule has 7 nitrogen and oxygen atoms in total. The van der Waals surface area contributed by atoms with Gasteiger partial charge in [-0.1, -0.05) is 0 Å². The lowest BCUT2D eigenvalue weighted by molar-refractivity contribution is 0.0671. The highest BCUT2D eigenvalue weighted by atomic mass is 19.3. The number of nitrogens with one attached hydrogen (secondary N) is 2. The van der Waals surface area contributed by atoms with E-state index in [0.717, 1.165) is 37.2 Å². The van der Waals surface area contributed by atoms with Gasteiger partial charge in [-0.3, -0.25) is 4.57 Å². The highest BCUT2D eigenvalue weighted by molar-refractivity contribution is 5.79. The molecule has 1 saturated heterocycles. The quantitative estimate of drug-likeness (QED) is 0.378. The van der Waals surface area contributed by atoms with Gasteiger partial charge < -0.3 is 20.1 Å². The fraction of sp³-hybridized carbons (Fsp3) is 0.750. The Labute approximate surface area is 146 Å². The molecular weight excluding hydrogens is 332 g/mol. The number of alkyl halides is 2. The first-order valence-corrected chi connectivity index (χ1v) is 8.68. The Morgan fingerprint density at radius 3 is 3.12 bits per heavy atom. The first-order chi connectivity index (χ1) is 12.2. The maximum Gasteiger partial charge on any atom is 0.319 e. The summed E-state index contributed by atoms with van der Waals surface area (Å²) in [5.41, 5.74) is 0. The van der Waals surface area contributed by atoms with Crippen molar-refractivity contribution in [2.24, 2.45) is 10.9 Å². The number of nitrogens with zero attached hydrogens (tertiary/aromatic N) is 3. The molecule has 0 aliphatic carbocycles. The summed E-state index contributed by atoms with van der Waals surface area (Å²) in [6.45, 7) is 3.85. The average molecular weight is 359 g/mol. The standard InChI is InChI=1S/C16H27F2N5O2/c1-2-19-16(22-10-14-20-6-7-23(14)15(17)18)21-5-3-8-24-11-13-4-9-25-12-13/h6-7,13,15H,2-5,8-12H2,1H3,(H2,19,21,22). The third-order valence-electron chi connectivity index (χ3n) is 3.82. The number of rotatable bonds is 10. The molecule has 142 valence electrons. The van der Waals surface area contributed by atoms with E-state index in [9.17, 15) is 8.78 Å². The van der Waals surface area contributed by atoms with Gasteiger partial charge in [0.2, 0.25) is 0 Å². The third kappa shape index (κ3) is 6.95. The van der Waals surface area contributed by atoms with E-state index in [2.05, 4.69) is 20.6 Å². The molecule has 0 radical (unpaired) electrons. The number of aromatic nitrogens is 2. The molecule has 1 unspecified atom stereocenters. The minimum atomic E-state index is -2.61. The topological polar surface area (TPSA) is 72.7 Å². The summed E-state index contributed by atoms with van der Waals surface area (Å²) in [5, 5.41) is 6.26. The summed E-state index contributed by atoms with van der Waals surface area (Å²) >= 11 is 0. The number of hydrogen-bond donors (Lipinski definition) is 2. The Balaban J connectivity index is 1.67. The summed E-state index contributed by atoms with van der Waals surface area (Å²) in [7, 11) is 0. The van der Waals surface area contributed by atoms with Gasteiger partial charge in [-0.25, -0.2) is 9.98 Å². The summed E-state index contributed by atoms with van der Waals surface area (Å²) < 4.78 is 37.3. The largest absolute Gasteiger partial charge is 0.381 e. The smallest absolute Gasteiger partial charge is 0.319 e. The van der Waals surface area contributed by atoms with Crippen LogP contribution in [-0.2, 0) is 16.0 Å². The van der Waals surface area contributed by atoms with Crippen molar-refractivity contribution in [3.63, 3.8) is 0 Å². The molecule has 1 aromatic rings. The fourth-order valence-corrected chi connectivity index (χ4v) is 2.48. The lowest BCUT2D eigenvalue weighted by Crippen LogP contribution is -2.38. The lowest BCUT2D eigenvalue weighted by atomic mass is 10.1. The second-order valence-electron chi connectivity index (χ2n) is 5.81. The number of imidazole rings is 1. The van der Waals surface area contributed by atoms with E-state index >= 15 is 0 Å². The van der Waals surface area contributed by atoms with Crippen molar-refractivity contribution in [3.05, 3.63) is 18.2 Å². The van der Waals surface area contributed by atoms with Crippen LogP contribution < -0.4 is 10.6 Å². The number of ether oxygens (including phenoxy) is 2. The van der Waals surface area contributed by atoms with Gasteiger partial charge >= 0.3 is 6.55 Å². The van der Waals surface area contributed by atoms with Crippen LogP contribution in [0, 0.1) is 5.92 Å². The van der Waals surface area contributed by atoms with Gasteiger partial charge in [0.1, 0.15) is 12.4 Å². The Bertz CT molecular complexity index is 518. The van der Waals surface area contributed by atoms with E-state index in [4.69, 9.17) is 9.47 Å². The summed E-state index contributed by atoms with van der Waals surface area (Å²) in [6.07, 6.45) is 4.51. The van der Waals surface area contributed by atoms with Crippen LogP contribution in [0.4, 0.5) is 8.78 Å². The van der Waals surface area contributed by atoms with Crippen molar-refractivity contribution in [2.45, 2.75) is 32.9 Å². The molecule has 0 saturated carbocycles. The maximum absolute atomic E-state index is 12.8. The van der Waals surface area contributed by atoms with Crippen LogP contribution in [0.2, 0.25) is 0 Å². The molecule has 1 aliphatic heterocycles. The van der Waals surface area contributed by atoms with Crippen LogP contribution in [0.5, 0.6) is 0 Å². The monoisotopic (exact) mass is 359 g/mol. The van der Waals surface area contributed by atoms with Crippen molar-refractivity contribution in [1.82, 2.24) is 20.2 Å². The van der Waals surface area contributed by atoms with E-state index < -0.39 is 6.55 Å². The Kier molecular flexibility index (Phi) is 8.61. The SMILES string of the molecule is CCNC(=NCc1nccn1C(F)F)NCCCOCC1CCOC1. The molecule has 2 N–H and O–H groups in total. The molecule has 0 spiro atoms. The summed E-state index contributed by atoms with van der Waals surface area (Å²) in [6, 6.07) is 0. The van der Waals surface area contributed by atoms with Crippen LogP contribution in [0.25, 0.3) is 0 Å². The van der Waals surface area contributed by atoms with Crippen molar-refractivity contribution in [1.29, 1.82) is 0 Å². The van der Waals surface area contributed by atoms with Gasteiger partial charge in [-0.2, -0.15) is 8.78 Å². The minimum Gasteiger partial charge on any atom is -0.381 e. The predicted octanol–water partition coefficient (Wildman–Crippen LogP) is 1.78. The summed E-state index contributed by atoms with van der Waals surface area (Å²) in [5.74, 6) is 1.33. The van der Waals surface area contributed by atoms with Crippen molar-refractivity contribution >= 4 is 5.96 Å². The molecule has 0 amide bonds. The fourth-order valence-electron chi connectivity index (χ4n) is 2.48. The molecular formula is C16H27F2N5O2. The predicted molar refractivity (Wildman–Crippen MR) is 90.7 cm³/mol. The van der Waals surface area contributed by atoms with Gasteiger partial charge in [-0.05, 0) is 19.8 Å². The van der Waals surface area contributed by atoms with Crippen LogP contribution in [0.15, 0.2) is 17.4 Å². The van der Waals surface area contributed by atoms with Crippen LogP contribution in [0.1, 0.15) is 32.1 Å². The zero-order valence-electron chi connectivity index (χ0n) is 14.6. The van der Waals surface area contributed by atoms with Gasteiger partial charge in [-0.15, -0.1) is 0 Å². The molecule has 0 aromatic carbocycles. The average Bonchev–Trinajstić information content (AvgIpc) is 3.26. The van der Waals surface area contributed by atoms with Gasteiger partial charge in [0, 0.05) is 44.6 Å². The van der Waals surface area contributed by atoms with E-state index in [1.807, 2.05) is 6.92 Å². The first-order valence-electron chi connectivity index (χ1n) is 8.68.